The first kappa shape index (κ1) is 11.3. The summed E-state index contributed by atoms with van der Waals surface area (Å²) in [5, 5.41) is 10.2. The molecule has 0 radical (unpaired) electrons. The van der Waals surface area contributed by atoms with Crippen LogP contribution >= 0.6 is 0 Å². The topological polar surface area (TPSA) is 75.3 Å². The number of hydrogen-bond donors (Lipinski definition) is 2. The average Bonchev–Trinajstić information content (AvgIpc) is 2.99. The smallest absolute Gasteiger partial charge is 0.328 e. The zero-order chi connectivity index (χ0) is 12.9. The predicted octanol–water partition coefficient (Wildman–Crippen LogP) is 1.70. The first-order chi connectivity index (χ1) is 9.23. The Morgan fingerprint density at radius 3 is 2.79 bits per heavy atom. The summed E-state index contributed by atoms with van der Waals surface area (Å²) in [6, 6.07) is 0.418. The van der Waals surface area contributed by atoms with Crippen molar-refractivity contribution < 1.29 is 4.52 Å². The van der Waals surface area contributed by atoms with E-state index >= 15 is 0 Å². The summed E-state index contributed by atoms with van der Waals surface area (Å²) in [7, 11) is 0. The molecule has 0 aromatic carbocycles. The molecule has 0 saturated heterocycles. The predicted molar refractivity (Wildman–Crippen MR) is 70.9 cm³/mol. The third kappa shape index (κ3) is 1.81. The van der Waals surface area contributed by atoms with Crippen molar-refractivity contribution in [3.63, 3.8) is 0 Å². The maximum atomic E-state index is 5.07. The van der Waals surface area contributed by atoms with Crippen LogP contribution < -0.4 is 10.6 Å². The molecule has 1 atom stereocenters. The van der Waals surface area contributed by atoms with Gasteiger partial charge in [0.05, 0.1) is 5.54 Å². The number of rotatable bonds is 1. The van der Waals surface area contributed by atoms with Gasteiger partial charge in [0.2, 0.25) is 0 Å². The number of hydrogen-bond acceptors (Lipinski definition) is 6. The second-order valence-electron chi connectivity index (χ2n) is 6.11. The minimum Gasteiger partial charge on any atom is -0.354 e. The fourth-order valence-electron chi connectivity index (χ4n) is 3.98. The molecule has 19 heavy (non-hydrogen) atoms. The molecule has 0 unspecified atom stereocenters. The van der Waals surface area contributed by atoms with Crippen LogP contribution in [0.3, 0.4) is 0 Å². The Hall–Kier alpha value is -1.59. The van der Waals surface area contributed by atoms with Crippen LogP contribution in [0.15, 0.2) is 9.52 Å². The summed E-state index contributed by atoms with van der Waals surface area (Å²) in [6.45, 7) is 2.75. The van der Waals surface area contributed by atoms with Crippen LogP contribution in [0.4, 0.5) is 6.01 Å². The molecule has 1 aliphatic heterocycles. The Morgan fingerprint density at radius 2 is 2.16 bits per heavy atom. The van der Waals surface area contributed by atoms with Gasteiger partial charge in [-0.3, -0.25) is 5.32 Å². The van der Waals surface area contributed by atoms with E-state index in [2.05, 4.69) is 20.8 Å². The van der Waals surface area contributed by atoms with Gasteiger partial charge in [0, 0.05) is 6.54 Å². The Morgan fingerprint density at radius 1 is 1.32 bits per heavy atom. The van der Waals surface area contributed by atoms with Crippen molar-refractivity contribution in [1.82, 2.24) is 15.5 Å². The first-order valence-electron chi connectivity index (χ1n) is 7.15. The van der Waals surface area contributed by atoms with Crippen LogP contribution in [0.25, 0.3) is 0 Å². The van der Waals surface area contributed by atoms with Gasteiger partial charge in [-0.15, -0.1) is 0 Å². The van der Waals surface area contributed by atoms with E-state index in [4.69, 9.17) is 9.52 Å². The van der Waals surface area contributed by atoms with Crippen LogP contribution in [0.5, 0.6) is 0 Å². The molecule has 2 heterocycles. The second kappa shape index (κ2) is 3.95. The van der Waals surface area contributed by atoms with Gasteiger partial charge in [-0.05, 0) is 38.0 Å². The highest BCUT2D eigenvalue weighted by Gasteiger charge is 2.49. The monoisotopic (exact) mass is 261 g/mol. The summed E-state index contributed by atoms with van der Waals surface area (Å²) >= 11 is 0. The van der Waals surface area contributed by atoms with Crippen LogP contribution in [0.1, 0.15) is 37.9 Å². The van der Waals surface area contributed by atoms with Crippen molar-refractivity contribution in [3.8, 4) is 0 Å². The van der Waals surface area contributed by atoms with Crippen molar-refractivity contribution in [2.24, 2.45) is 16.8 Å². The van der Waals surface area contributed by atoms with Crippen LogP contribution in [0.2, 0.25) is 0 Å². The highest BCUT2D eigenvalue weighted by atomic mass is 16.5. The molecule has 2 N–H and O–H groups in total. The van der Waals surface area contributed by atoms with Crippen LogP contribution in [-0.2, 0) is 0 Å². The van der Waals surface area contributed by atoms with Gasteiger partial charge in [-0.1, -0.05) is 18.0 Å². The van der Waals surface area contributed by atoms with Gasteiger partial charge in [0.15, 0.2) is 11.8 Å². The molecule has 3 aliphatic carbocycles. The number of aliphatic imine (C=N–C) groups is 1. The lowest BCUT2D eigenvalue weighted by atomic mass is 9.61. The quantitative estimate of drug-likeness (QED) is 0.804. The molecule has 3 fully saturated rings. The lowest BCUT2D eigenvalue weighted by molar-refractivity contribution is 0.0808. The highest BCUT2D eigenvalue weighted by Crippen LogP contribution is 2.50. The number of anilines is 1. The molecule has 4 aliphatic rings. The Balaban J connectivity index is 1.54. The van der Waals surface area contributed by atoms with E-state index in [-0.39, 0.29) is 5.54 Å². The lowest BCUT2D eigenvalue weighted by Gasteiger charge is -2.47. The molecule has 6 heteroatoms. The molecular weight excluding hydrogens is 242 g/mol. The molecule has 1 aromatic heterocycles. The average molecular weight is 261 g/mol. The standard InChI is InChI=1S/C13H19N5O/c1-8-15-12(19-18-8)16-11-14-7-13(17-11)6-9-2-4-10(13)5-3-9/h9-10H,2-7H2,1H3,(H2,14,15,16,17,18)/t9?,10?,13-/m0/s1. The van der Waals surface area contributed by atoms with E-state index in [0.29, 0.717) is 11.8 Å². The maximum Gasteiger partial charge on any atom is 0.328 e. The molecule has 5 rings (SSSR count). The van der Waals surface area contributed by atoms with Crippen molar-refractivity contribution in [1.29, 1.82) is 0 Å². The Kier molecular flexibility index (Phi) is 2.34. The van der Waals surface area contributed by atoms with E-state index in [1.165, 1.54) is 32.1 Å². The zero-order valence-corrected chi connectivity index (χ0v) is 11.1. The van der Waals surface area contributed by atoms with Gasteiger partial charge in [-0.25, -0.2) is 4.99 Å². The number of aromatic nitrogens is 2. The van der Waals surface area contributed by atoms with E-state index in [1.807, 2.05) is 0 Å². The summed E-state index contributed by atoms with van der Waals surface area (Å²) in [4.78, 5) is 9.08. The summed E-state index contributed by atoms with van der Waals surface area (Å²) < 4.78 is 5.07. The number of guanidine groups is 1. The number of fused-ring (bicyclic) bond motifs is 2. The SMILES string of the molecule is Cc1noc(NC2=N[C@]3(CN2)CC2CCC3CC2)n1. The van der Waals surface area contributed by atoms with E-state index in [0.717, 1.165) is 24.3 Å². The number of nitrogens with one attached hydrogen (secondary N) is 2. The molecule has 6 nitrogen and oxygen atoms in total. The summed E-state index contributed by atoms with van der Waals surface area (Å²) in [5.74, 6) is 3.04. The third-order valence-corrected chi connectivity index (χ3v) is 4.90. The maximum absolute atomic E-state index is 5.07. The van der Waals surface area contributed by atoms with E-state index in [9.17, 15) is 0 Å². The third-order valence-electron chi connectivity index (χ3n) is 4.90. The summed E-state index contributed by atoms with van der Waals surface area (Å²) in [6.07, 6.45) is 6.70. The largest absolute Gasteiger partial charge is 0.354 e. The van der Waals surface area contributed by atoms with Crippen molar-refractivity contribution in [2.75, 3.05) is 11.9 Å². The lowest BCUT2D eigenvalue weighted by Crippen LogP contribution is -2.48. The molecule has 3 saturated carbocycles. The number of nitrogens with zero attached hydrogens (tertiary/aromatic N) is 3. The van der Waals surface area contributed by atoms with Gasteiger partial charge in [0.1, 0.15) is 0 Å². The normalized spacial score (nSPS) is 36.4. The van der Waals surface area contributed by atoms with Crippen LogP contribution in [0, 0.1) is 18.8 Å². The fraction of sp³-hybridized carbons (Fsp3) is 0.769. The molecule has 1 aromatic rings. The molecular formula is C13H19N5O. The summed E-state index contributed by atoms with van der Waals surface area (Å²) in [5.41, 5.74) is 0.124. The highest BCUT2D eigenvalue weighted by molar-refractivity contribution is 5.93. The van der Waals surface area contributed by atoms with Crippen molar-refractivity contribution >= 4 is 12.0 Å². The minimum atomic E-state index is 0.124. The fourth-order valence-corrected chi connectivity index (χ4v) is 3.98. The molecule has 0 amide bonds. The van der Waals surface area contributed by atoms with Crippen molar-refractivity contribution in [3.05, 3.63) is 5.82 Å². The van der Waals surface area contributed by atoms with Crippen LogP contribution in [-0.4, -0.2) is 28.2 Å². The molecule has 1 spiro atoms. The minimum absolute atomic E-state index is 0.124. The molecule has 2 bridgehead atoms. The van der Waals surface area contributed by atoms with Gasteiger partial charge in [-0.2, -0.15) is 4.98 Å². The second-order valence-corrected chi connectivity index (χ2v) is 6.11. The van der Waals surface area contributed by atoms with Gasteiger partial charge in [0.25, 0.3) is 0 Å². The number of aryl methyl sites for hydroxylation is 1. The first-order valence-corrected chi connectivity index (χ1v) is 7.15. The van der Waals surface area contributed by atoms with Gasteiger partial charge >= 0.3 is 6.01 Å². The zero-order valence-electron chi connectivity index (χ0n) is 11.1. The van der Waals surface area contributed by atoms with Crippen molar-refractivity contribution in [2.45, 2.75) is 44.6 Å². The van der Waals surface area contributed by atoms with E-state index in [1.54, 1.807) is 6.92 Å². The Labute approximate surface area is 112 Å². The van der Waals surface area contributed by atoms with E-state index < -0.39 is 0 Å². The van der Waals surface area contributed by atoms with Gasteiger partial charge < -0.3 is 9.84 Å². The molecule has 102 valence electrons. The Bertz CT molecular complexity index is 517.